The highest BCUT2D eigenvalue weighted by molar-refractivity contribution is 7.98. The van der Waals surface area contributed by atoms with Crippen LogP contribution in [0.2, 0.25) is 0 Å². The number of ether oxygens (including phenoxy) is 1. The average molecular weight is 240 g/mol. The van der Waals surface area contributed by atoms with Gasteiger partial charge in [-0.1, -0.05) is 0 Å². The Balaban J connectivity index is 2.77. The van der Waals surface area contributed by atoms with Gasteiger partial charge in [-0.2, -0.15) is 11.8 Å². The van der Waals surface area contributed by atoms with Crippen molar-refractivity contribution < 1.29 is 9.53 Å². The van der Waals surface area contributed by atoms with Crippen LogP contribution >= 0.6 is 11.8 Å². The third-order valence-corrected chi connectivity index (χ3v) is 2.78. The highest BCUT2D eigenvalue weighted by Crippen LogP contribution is 2.12. The van der Waals surface area contributed by atoms with Crippen LogP contribution in [0.5, 0.6) is 0 Å². The van der Waals surface area contributed by atoms with E-state index in [0.717, 1.165) is 18.1 Å². The summed E-state index contributed by atoms with van der Waals surface area (Å²) in [5.41, 5.74) is 0.531. The van der Waals surface area contributed by atoms with Crippen LogP contribution in [0, 0.1) is 0 Å². The van der Waals surface area contributed by atoms with E-state index in [1.807, 2.05) is 11.9 Å². The number of hydrogen-bond acceptors (Lipinski definition) is 5. The second-order valence-electron chi connectivity index (χ2n) is 3.31. The first-order valence-corrected chi connectivity index (χ1v) is 6.33. The fourth-order valence-electron chi connectivity index (χ4n) is 1.21. The van der Waals surface area contributed by atoms with Crippen molar-refractivity contribution in [2.24, 2.45) is 0 Å². The van der Waals surface area contributed by atoms with Crippen LogP contribution in [0.3, 0.4) is 0 Å². The molecule has 0 saturated carbocycles. The van der Waals surface area contributed by atoms with Crippen molar-refractivity contribution >= 4 is 23.5 Å². The third-order valence-electron chi connectivity index (χ3n) is 2.19. The molecular formula is C11H16N2O2S. The van der Waals surface area contributed by atoms with Gasteiger partial charge in [0.1, 0.15) is 5.82 Å². The minimum absolute atomic E-state index is 0.332. The molecule has 0 aliphatic rings. The lowest BCUT2D eigenvalue weighted by molar-refractivity contribution is 0.0600. The van der Waals surface area contributed by atoms with Crippen LogP contribution in [-0.4, -0.2) is 43.7 Å². The van der Waals surface area contributed by atoms with Gasteiger partial charge in [-0.25, -0.2) is 9.78 Å². The number of esters is 1. The maximum atomic E-state index is 11.3. The Hall–Kier alpha value is -1.23. The van der Waals surface area contributed by atoms with E-state index in [1.54, 1.807) is 30.1 Å². The molecule has 1 aromatic heterocycles. The fourth-order valence-corrected chi connectivity index (χ4v) is 1.67. The second kappa shape index (κ2) is 6.37. The molecule has 1 heterocycles. The molecule has 0 aliphatic heterocycles. The fraction of sp³-hybridized carbons (Fsp3) is 0.455. The normalized spacial score (nSPS) is 9.94. The molecule has 5 heteroatoms. The first-order chi connectivity index (χ1) is 7.69. The molecule has 0 aromatic carbocycles. The van der Waals surface area contributed by atoms with Gasteiger partial charge in [-0.3, -0.25) is 0 Å². The van der Waals surface area contributed by atoms with Gasteiger partial charge in [-0.05, 0) is 18.4 Å². The SMILES string of the molecule is COC(=O)c1ccnc(N(C)CCSC)c1. The minimum Gasteiger partial charge on any atom is -0.465 e. The molecule has 0 spiro atoms. The summed E-state index contributed by atoms with van der Waals surface area (Å²) >= 11 is 1.78. The summed E-state index contributed by atoms with van der Waals surface area (Å²) in [7, 11) is 3.33. The summed E-state index contributed by atoms with van der Waals surface area (Å²) in [4.78, 5) is 17.6. The maximum absolute atomic E-state index is 11.3. The van der Waals surface area contributed by atoms with Crippen LogP contribution in [0.4, 0.5) is 5.82 Å². The summed E-state index contributed by atoms with van der Waals surface area (Å²) in [6.07, 6.45) is 3.68. The largest absolute Gasteiger partial charge is 0.465 e. The van der Waals surface area contributed by atoms with Crippen LogP contribution in [-0.2, 0) is 4.74 Å². The number of carbonyl (C=O) groups is 1. The summed E-state index contributed by atoms with van der Waals surface area (Å²) in [6, 6.07) is 3.39. The number of anilines is 1. The van der Waals surface area contributed by atoms with E-state index in [1.165, 1.54) is 7.11 Å². The summed E-state index contributed by atoms with van der Waals surface area (Å²) < 4.78 is 4.66. The molecule has 0 N–H and O–H groups in total. The molecule has 0 atom stereocenters. The number of thioether (sulfide) groups is 1. The van der Waals surface area contributed by atoms with E-state index in [4.69, 9.17) is 0 Å². The smallest absolute Gasteiger partial charge is 0.338 e. The number of aromatic nitrogens is 1. The molecule has 1 aromatic rings. The van der Waals surface area contributed by atoms with Crippen molar-refractivity contribution in [1.82, 2.24) is 4.98 Å². The minimum atomic E-state index is -0.332. The monoisotopic (exact) mass is 240 g/mol. The Morgan fingerprint density at radius 1 is 1.62 bits per heavy atom. The van der Waals surface area contributed by atoms with Crippen LogP contribution in [0.1, 0.15) is 10.4 Å². The zero-order chi connectivity index (χ0) is 12.0. The highest BCUT2D eigenvalue weighted by Gasteiger charge is 2.08. The van der Waals surface area contributed by atoms with E-state index in [0.29, 0.717) is 5.56 Å². The van der Waals surface area contributed by atoms with Crippen LogP contribution < -0.4 is 4.90 Å². The van der Waals surface area contributed by atoms with E-state index >= 15 is 0 Å². The topological polar surface area (TPSA) is 42.4 Å². The van der Waals surface area contributed by atoms with Gasteiger partial charge in [0.2, 0.25) is 0 Å². The molecule has 0 fully saturated rings. The Bertz CT molecular complexity index is 358. The van der Waals surface area contributed by atoms with E-state index < -0.39 is 0 Å². The van der Waals surface area contributed by atoms with Crippen molar-refractivity contribution in [1.29, 1.82) is 0 Å². The molecular weight excluding hydrogens is 224 g/mol. The van der Waals surface area contributed by atoms with E-state index in [9.17, 15) is 4.79 Å². The van der Waals surface area contributed by atoms with Crippen molar-refractivity contribution in [3.8, 4) is 0 Å². The molecule has 0 unspecified atom stereocenters. The van der Waals surface area contributed by atoms with Crippen molar-refractivity contribution in [2.45, 2.75) is 0 Å². The lowest BCUT2D eigenvalue weighted by atomic mass is 10.2. The molecule has 16 heavy (non-hydrogen) atoms. The highest BCUT2D eigenvalue weighted by atomic mass is 32.2. The molecule has 0 amide bonds. The predicted octanol–water partition coefficient (Wildman–Crippen LogP) is 1.67. The van der Waals surface area contributed by atoms with Crippen molar-refractivity contribution in [3.63, 3.8) is 0 Å². The number of pyridine rings is 1. The zero-order valence-electron chi connectivity index (χ0n) is 9.77. The van der Waals surface area contributed by atoms with Crippen molar-refractivity contribution in [3.05, 3.63) is 23.9 Å². The Labute approximate surface area is 100.0 Å². The molecule has 4 nitrogen and oxygen atoms in total. The Morgan fingerprint density at radius 2 is 2.38 bits per heavy atom. The van der Waals surface area contributed by atoms with Gasteiger partial charge in [-0.15, -0.1) is 0 Å². The molecule has 0 radical (unpaired) electrons. The van der Waals surface area contributed by atoms with E-state index in [2.05, 4.69) is 16.0 Å². The quantitative estimate of drug-likeness (QED) is 0.732. The van der Waals surface area contributed by atoms with Gasteiger partial charge < -0.3 is 9.64 Å². The summed E-state index contributed by atoms with van der Waals surface area (Å²) in [5, 5.41) is 0. The molecule has 1 rings (SSSR count). The number of methoxy groups -OCH3 is 1. The number of rotatable bonds is 5. The Kier molecular flexibility index (Phi) is 5.11. The van der Waals surface area contributed by atoms with Gasteiger partial charge >= 0.3 is 5.97 Å². The molecule has 0 aliphatic carbocycles. The lowest BCUT2D eigenvalue weighted by Gasteiger charge is -2.17. The van der Waals surface area contributed by atoms with Gasteiger partial charge in [0.25, 0.3) is 0 Å². The predicted molar refractivity (Wildman–Crippen MR) is 67.2 cm³/mol. The van der Waals surface area contributed by atoms with Gasteiger partial charge in [0, 0.05) is 25.5 Å². The standard InChI is InChI=1S/C11H16N2O2S/c1-13(6-7-16-3)10-8-9(4-5-12-10)11(14)15-2/h4-5,8H,6-7H2,1-3H3. The average Bonchev–Trinajstić information content (AvgIpc) is 2.35. The van der Waals surface area contributed by atoms with Crippen LogP contribution in [0.25, 0.3) is 0 Å². The summed E-state index contributed by atoms with van der Waals surface area (Å²) in [6.45, 7) is 0.902. The molecule has 0 bridgehead atoms. The second-order valence-corrected chi connectivity index (χ2v) is 4.29. The first-order valence-electron chi connectivity index (χ1n) is 4.93. The van der Waals surface area contributed by atoms with Crippen molar-refractivity contribution in [2.75, 3.05) is 37.6 Å². The van der Waals surface area contributed by atoms with Crippen LogP contribution in [0.15, 0.2) is 18.3 Å². The van der Waals surface area contributed by atoms with E-state index in [-0.39, 0.29) is 5.97 Å². The number of hydrogen-bond donors (Lipinski definition) is 0. The lowest BCUT2D eigenvalue weighted by Crippen LogP contribution is -2.21. The molecule has 0 saturated heterocycles. The zero-order valence-corrected chi connectivity index (χ0v) is 10.6. The van der Waals surface area contributed by atoms with Gasteiger partial charge in [0.15, 0.2) is 0 Å². The number of nitrogens with zero attached hydrogens (tertiary/aromatic N) is 2. The summed E-state index contributed by atoms with van der Waals surface area (Å²) in [5.74, 6) is 1.49. The number of carbonyl (C=O) groups excluding carboxylic acids is 1. The van der Waals surface area contributed by atoms with Gasteiger partial charge in [0.05, 0.1) is 12.7 Å². The first kappa shape index (κ1) is 12.8. The third kappa shape index (κ3) is 3.41. The maximum Gasteiger partial charge on any atom is 0.338 e. The Morgan fingerprint density at radius 3 is 3.00 bits per heavy atom. The molecule has 88 valence electrons.